The van der Waals surface area contributed by atoms with Crippen molar-refractivity contribution in [3.63, 3.8) is 0 Å². The lowest BCUT2D eigenvalue weighted by Gasteiger charge is -2.27. The molecule has 0 bridgehead atoms. The largest absolute Gasteiger partial charge is 0.490 e. The smallest absolute Gasteiger partial charge is 0.335 e. The van der Waals surface area contributed by atoms with Crippen molar-refractivity contribution in [1.29, 1.82) is 0 Å². The van der Waals surface area contributed by atoms with Crippen molar-refractivity contribution in [2.45, 2.75) is 20.5 Å². The summed E-state index contributed by atoms with van der Waals surface area (Å²) >= 11 is 3.36. The van der Waals surface area contributed by atoms with Crippen LogP contribution in [-0.4, -0.2) is 24.5 Å². The Morgan fingerprint density at radius 2 is 1.78 bits per heavy atom. The first kappa shape index (κ1) is 25.1. The number of urea groups is 1. The second-order valence-corrected chi connectivity index (χ2v) is 8.82. The highest BCUT2D eigenvalue weighted by Gasteiger charge is 2.37. The van der Waals surface area contributed by atoms with E-state index in [1.807, 2.05) is 0 Å². The molecule has 3 aromatic carbocycles. The van der Waals surface area contributed by atoms with Gasteiger partial charge in [-0.1, -0.05) is 40.2 Å². The summed E-state index contributed by atoms with van der Waals surface area (Å²) in [6.45, 7) is 3.89. The van der Waals surface area contributed by atoms with Gasteiger partial charge in [0.25, 0.3) is 11.8 Å². The predicted octanol–water partition coefficient (Wildman–Crippen LogP) is 5.54. The zero-order valence-electron chi connectivity index (χ0n) is 19.5. The Kier molecular flexibility index (Phi) is 7.49. The second kappa shape index (κ2) is 10.7. The van der Waals surface area contributed by atoms with Gasteiger partial charge in [-0.3, -0.25) is 14.9 Å². The Morgan fingerprint density at radius 1 is 1.00 bits per heavy atom. The van der Waals surface area contributed by atoms with Crippen LogP contribution in [0.2, 0.25) is 0 Å². The molecule has 0 atom stereocenters. The van der Waals surface area contributed by atoms with Crippen molar-refractivity contribution in [2.75, 3.05) is 11.5 Å². The van der Waals surface area contributed by atoms with Crippen LogP contribution in [0.3, 0.4) is 0 Å². The van der Waals surface area contributed by atoms with E-state index in [2.05, 4.69) is 21.2 Å². The van der Waals surface area contributed by atoms with Gasteiger partial charge in [0.05, 0.1) is 12.3 Å². The van der Waals surface area contributed by atoms with E-state index in [1.165, 1.54) is 12.1 Å². The van der Waals surface area contributed by atoms with Crippen LogP contribution in [0.4, 0.5) is 14.9 Å². The fourth-order valence-corrected chi connectivity index (χ4v) is 4.16. The van der Waals surface area contributed by atoms with Crippen LogP contribution in [0.5, 0.6) is 11.5 Å². The first-order valence-corrected chi connectivity index (χ1v) is 11.9. The number of rotatable bonds is 7. The normalized spacial score (nSPS) is 14.7. The van der Waals surface area contributed by atoms with E-state index in [-0.39, 0.29) is 18.0 Å². The zero-order valence-corrected chi connectivity index (χ0v) is 21.1. The maximum Gasteiger partial charge on any atom is 0.335 e. The number of hydrogen-bond donors (Lipinski definition) is 1. The molecule has 36 heavy (non-hydrogen) atoms. The molecule has 1 fully saturated rings. The summed E-state index contributed by atoms with van der Waals surface area (Å²) in [6.07, 6.45) is 1.38. The van der Waals surface area contributed by atoms with Gasteiger partial charge in [-0.15, -0.1) is 0 Å². The number of carbonyl (C=O) groups excluding carboxylic acids is 3. The van der Waals surface area contributed by atoms with Gasteiger partial charge in [-0.05, 0) is 67.4 Å². The number of amides is 4. The molecule has 9 heteroatoms. The van der Waals surface area contributed by atoms with Crippen LogP contribution in [0.15, 0.2) is 70.7 Å². The molecule has 4 amide bonds. The van der Waals surface area contributed by atoms with Gasteiger partial charge < -0.3 is 9.47 Å². The molecule has 4 rings (SSSR count). The lowest BCUT2D eigenvalue weighted by molar-refractivity contribution is -0.122. The number of hydrogen-bond acceptors (Lipinski definition) is 5. The molecule has 1 aliphatic heterocycles. The fraction of sp³-hybridized carbons (Fsp3) is 0.148. The second-order valence-electron chi connectivity index (χ2n) is 7.91. The third-order valence-electron chi connectivity index (χ3n) is 5.42. The first-order valence-electron chi connectivity index (χ1n) is 11.1. The van der Waals surface area contributed by atoms with Crippen LogP contribution in [0.25, 0.3) is 6.08 Å². The number of imide groups is 2. The third-order valence-corrected chi connectivity index (χ3v) is 5.91. The Hall–Kier alpha value is -3.98. The van der Waals surface area contributed by atoms with E-state index in [0.29, 0.717) is 40.5 Å². The van der Waals surface area contributed by atoms with Gasteiger partial charge in [-0.2, -0.15) is 0 Å². The predicted molar refractivity (Wildman–Crippen MR) is 136 cm³/mol. The van der Waals surface area contributed by atoms with E-state index in [9.17, 15) is 18.8 Å². The Bertz CT molecular complexity index is 1390. The third kappa shape index (κ3) is 5.31. The number of carbonyl (C=O) groups is 3. The molecule has 0 saturated carbocycles. The summed E-state index contributed by atoms with van der Waals surface area (Å²) in [5.74, 6) is -1.17. The highest BCUT2D eigenvalue weighted by Crippen LogP contribution is 2.32. The van der Waals surface area contributed by atoms with Crippen LogP contribution < -0.4 is 19.7 Å². The molecular weight excluding hydrogens is 531 g/mol. The summed E-state index contributed by atoms with van der Waals surface area (Å²) in [6, 6.07) is 15.4. The van der Waals surface area contributed by atoms with E-state index >= 15 is 0 Å². The number of barbiturate groups is 1. The van der Waals surface area contributed by atoms with E-state index in [0.717, 1.165) is 9.37 Å². The molecule has 0 aliphatic carbocycles. The number of halogens is 2. The van der Waals surface area contributed by atoms with Gasteiger partial charge in [0.15, 0.2) is 11.5 Å². The van der Waals surface area contributed by atoms with Crippen molar-refractivity contribution in [1.82, 2.24) is 5.32 Å². The lowest BCUT2D eigenvalue weighted by Crippen LogP contribution is -2.54. The van der Waals surface area contributed by atoms with Crippen LogP contribution >= 0.6 is 15.9 Å². The van der Waals surface area contributed by atoms with Crippen molar-refractivity contribution in [2.24, 2.45) is 0 Å². The van der Waals surface area contributed by atoms with Crippen LogP contribution in [0.1, 0.15) is 23.6 Å². The monoisotopic (exact) mass is 552 g/mol. The average Bonchev–Trinajstić information content (AvgIpc) is 2.83. The topological polar surface area (TPSA) is 84.9 Å². The maximum absolute atomic E-state index is 13.9. The lowest BCUT2D eigenvalue weighted by atomic mass is 10.1. The molecule has 7 nitrogen and oxygen atoms in total. The van der Waals surface area contributed by atoms with Crippen LogP contribution in [0, 0.1) is 12.7 Å². The molecule has 1 N–H and O–H groups in total. The van der Waals surface area contributed by atoms with E-state index in [4.69, 9.17) is 9.47 Å². The summed E-state index contributed by atoms with van der Waals surface area (Å²) in [7, 11) is 0. The standard InChI is InChI=1S/C27H22BrFN2O5/c1-3-35-24-14-17(8-11-23(24)36-15-18-6-4-5-7-21(18)29)13-20-25(32)30-27(34)31(26(20)33)22-10-9-19(28)12-16(22)2/h4-14H,3,15H2,1-2H3,(H,30,32,34)/b20-13-. The molecule has 1 heterocycles. The number of ether oxygens (including phenoxy) is 2. The molecule has 0 aromatic heterocycles. The van der Waals surface area contributed by atoms with E-state index in [1.54, 1.807) is 68.4 Å². The minimum absolute atomic E-state index is 0.00229. The summed E-state index contributed by atoms with van der Waals surface area (Å²) in [5.41, 5.74) is 1.71. The minimum Gasteiger partial charge on any atom is -0.490 e. The van der Waals surface area contributed by atoms with Gasteiger partial charge in [-0.25, -0.2) is 14.1 Å². The highest BCUT2D eigenvalue weighted by atomic mass is 79.9. The van der Waals surface area contributed by atoms with Gasteiger partial charge in [0, 0.05) is 10.0 Å². The molecule has 1 saturated heterocycles. The van der Waals surface area contributed by atoms with Crippen molar-refractivity contribution < 1.29 is 28.2 Å². The van der Waals surface area contributed by atoms with E-state index < -0.39 is 17.8 Å². The maximum atomic E-state index is 13.9. The van der Waals surface area contributed by atoms with Crippen molar-refractivity contribution in [3.8, 4) is 11.5 Å². The molecule has 3 aromatic rings. The van der Waals surface area contributed by atoms with Crippen LogP contribution in [-0.2, 0) is 16.2 Å². The van der Waals surface area contributed by atoms with Gasteiger partial charge in [0.1, 0.15) is 18.0 Å². The Morgan fingerprint density at radius 3 is 2.50 bits per heavy atom. The number of nitrogens with one attached hydrogen (secondary N) is 1. The minimum atomic E-state index is -0.820. The number of benzene rings is 3. The number of anilines is 1. The summed E-state index contributed by atoms with van der Waals surface area (Å²) in [4.78, 5) is 39.2. The number of nitrogens with zero attached hydrogens (tertiary/aromatic N) is 1. The summed E-state index contributed by atoms with van der Waals surface area (Å²) in [5, 5.41) is 2.22. The van der Waals surface area contributed by atoms with Gasteiger partial charge in [0.2, 0.25) is 0 Å². The Balaban J connectivity index is 1.63. The molecule has 0 radical (unpaired) electrons. The van der Waals surface area contributed by atoms with Crippen molar-refractivity contribution in [3.05, 3.63) is 93.2 Å². The molecule has 1 aliphatic rings. The number of aryl methyl sites for hydroxylation is 1. The molecular formula is C27H22BrFN2O5. The summed E-state index contributed by atoms with van der Waals surface area (Å²) < 4.78 is 26.2. The SMILES string of the molecule is CCOc1cc(/C=C2/C(=O)NC(=O)N(c3ccc(Br)cc3C)C2=O)ccc1OCc1ccccc1F. The average molecular weight is 553 g/mol. The Labute approximate surface area is 215 Å². The fourth-order valence-electron chi connectivity index (χ4n) is 3.69. The zero-order chi connectivity index (χ0) is 25.8. The molecule has 0 spiro atoms. The molecule has 184 valence electrons. The van der Waals surface area contributed by atoms with Gasteiger partial charge >= 0.3 is 6.03 Å². The quantitative estimate of drug-likeness (QED) is 0.307. The highest BCUT2D eigenvalue weighted by molar-refractivity contribution is 9.10. The first-order chi connectivity index (χ1) is 17.3. The molecule has 0 unspecified atom stereocenters. The van der Waals surface area contributed by atoms with Crippen molar-refractivity contribution >= 4 is 45.5 Å².